The number of halogens is 2. The molecule has 26 heavy (non-hydrogen) atoms. The zero-order valence-electron chi connectivity index (χ0n) is 14.2. The van der Waals surface area contributed by atoms with Crippen molar-refractivity contribution < 1.29 is 13.2 Å². The topological polar surface area (TPSA) is 58.6 Å². The molecule has 1 saturated heterocycles. The molecule has 0 aliphatic carbocycles. The van der Waals surface area contributed by atoms with Crippen LogP contribution in [0.2, 0.25) is 8.67 Å². The van der Waals surface area contributed by atoms with E-state index in [1.54, 1.807) is 7.11 Å². The number of ether oxygens (including phenoxy) is 1. The number of nitrogens with zero attached hydrogens (tertiary/aromatic N) is 1. The number of hydrogen-bond acceptors (Lipinski definition) is 5. The normalized spacial score (nSPS) is 16.7. The molecule has 0 bridgehead atoms. The molecule has 1 atom stereocenters. The van der Waals surface area contributed by atoms with Gasteiger partial charge in [0.2, 0.25) is 10.0 Å². The third kappa shape index (κ3) is 4.52. The lowest BCUT2D eigenvalue weighted by molar-refractivity contribution is 0.246. The van der Waals surface area contributed by atoms with Crippen LogP contribution in [0.15, 0.2) is 35.2 Å². The third-order valence-electron chi connectivity index (χ3n) is 4.44. The van der Waals surface area contributed by atoms with E-state index in [0.717, 1.165) is 48.6 Å². The molecule has 0 spiro atoms. The number of likely N-dealkylation sites (tertiary alicyclic amines) is 1. The average Bonchev–Trinajstić information content (AvgIpc) is 3.25. The highest BCUT2D eigenvalue weighted by Gasteiger charge is 2.27. The minimum Gasteiger partial charge on any atom is -0.497 e. The van der Waals surface area contributed by atoms with E-state index in [2.05, 4.69) is 9.62 Å². The highest BCUT2D eigenvalue weighted by atomic mass is 35.5. The number of rotatable bonds is 7. The quantitative estimate of drug-likeness (QED) is 0.709. The maximum absolute atomic E-state index is 12.6. The first kappa shape index (κ1) is 19.9. The summed E-state index contributed by atoms with van der Waals surface area (Å²) in [5.41, 5.74) is 1.02. The Bertz CT molecular complexity index is 865. The monoisotopic (exact) mass is 434 g/mol. The predicted octanol–water partition coefficient (Wildman–Crippen LogP) is 4.18. The van der Waals surface area contributed by atoms with Crippen molar-refractivity contribution in [3.8, 4) is 5.75 Å². The minimum absolute atomic E-state index is 0.0278. The fraction of sp³-hybridized carbons (Fsp3) is 0.412. The highest BCUT2D eigenvalue weighted by molar-refractivity contribution is 7.89. The van der Waals surface area contributed by atoms with Crippen LogP contribution in [0.3, 0.4) is 0 Å². The molecule has 1 N–H and O–H groups in total. The van der Waals surface area contributed by atoms with Gasteiger partial charge in [0.15, 0.2) is 0 Å². The molecule has 1 aliphatic rings. The zero-order chi connectivity index (χ0) is 18.7. The summed E-state index contributed by atoms with van der Waals surface area (Å²) < 4.78 is 33.8. The SMILES string of the molecule is COc1cccc(C(CNS(=O)(=O)c2cc(Cl)sc2Cl)N2CCCC2)c1. The van der Waals surface area contributed by atoms with Crippen LogP contribution in [0.5, 0.6) is 5.75 Å². The van der Waals surface area contributed by atoms with Crippen molar-refractivity contribution in [2.45, 2.75) is 23.8 Å². The number of thiophene rings is 1. The van der Waals surface area contributed by atoms with E-state index in [-0.39, 0.29) is 21.8 Å². The molecule has 2 heterocycles. The Morgan fingerprint density at radius 1 is 1.27 bits per heavy atom. The Morgan fingerprint density at radius 3 is 2.62 bits per heavy atom. The highest BCUT2D eigenvalue weighted by Crippen LogP contribution is 2.34. The van der Waals surface area contributed by atoms with Gasteiger partial charge in [0.1, 0.15) is 15.0 Å². The standard InChI is InChI=1S/C17H20Cl2N2O3S2/c1-24-13-6-4-5-12(9-13)14(21-7-2-3-8-21)11-20-26(22,23)15-10-16(18)25-17(15)19/h4-6,9-10,14,20H,2-3,7-8,11H2,1H3. The van der Waals surface area contributed by atoms with Crippen LogP contribution in [0.4, 0.5) is 0 Å². The summed E-state index contributed by atoms with van der Waals surface area (Å²) >= 11 is 12.9. The van der Waals surface area contributed by atoms with Gasteiger partial charge in [0.25, 0.3) is 0 Å². The van der Waals surface area contributed by atoms with Crippen molar-refractivity contribution in [3.63, 3.8) is 0 Å². The van der Waals surface area contributed by atoms with Crippen LogP contribution < -0.4 is 9.46 Å². The van der Waals surface area contributed by atoms with Crippen LogP contribution in [0.1, 0.15) is 24.4 Å². The summed E-state index contributed by atoms with van der Waals surface area (Å²) in [6.07, 6.45) is 2.22. The van der Waals surface area contributed by atoms with Crippen molar-refractivity contribution in [1.82, 2.24) is 9.62 Å². The molecule has 1 fully saturated rings. The molecule has 5 nitrogen and oxygen atoms in total. The van der Waals surface area contributed by atoms with Gasteiger partial charge in [-0.1, -0.05) is 35.3 Å². The summed E-state index contributed by atoms with van der Waals surface area (Å²) in [6.45, 7) is 2.13. The summed E-state index contributed by atoms with van der Waals surface area (Å²) in [5.74, 6) is 0.752. The van der Waals surface area contributed by atoms with Gasteiger partial charge in [0, 0.05) is 12.6 Å². The first-order valence-corrected chi connectivity index (χ1v) is 11.3. The lowest BCUT2D eigenvalue weighted by Gasteiger charge is -2.28. The molecule has 0 radical (unpaired) electrons. The molecular weight excluding hydrogens is 415 g/mol. The molecule has 0 amide bonds. The predicted molar refractivity (Wildman–Crippen MR) is 106 cm³/mol. The number of hydrogen-bond donors (Lipinski definition) is 1. The second-order valence-electron chi connectivity index (χ2n) is 6.08. The van der Waals surface area contributed by atoms with Gasteiger partial charge >= 0.3 is 0 Å². The molecular formula is C17H20Cl2N2O3S2. The molecule has 1 unspecified atom stereocenters. The molecule has 142 valence electrons. The summed E-state index contributed by atoms with van der Waals surface area (Å²) in [4.78, 5) is 2.32. The van der Waals surface area contributed by atoms with Gasteiger partial charge < -0.3 is 4.74 Å². The maximum Gasteiger partial charge on any atom is 0.243 e. The molecule has 0 saturated carbocycles. The summed E-state index contributed by atoms with van der Waals surface area (Å²) in [5, 5.41) is 0. The van der Waals surface area contributed by atoms with Gasteiger partial charge in [-0.3, -0.25) is 4.90 Å². The van der Waals surface area contributed by atoms with Gasteiger partial charge in [-0.05, 0) is 49.7 Å². The summed E-state index contributed by atoms with van der Waals surface area (Å²) in [6, 6.07) is 9.05. The fourth-order valence-electron chi connectivity index (χ4n) is 3.13. The smallest absolute Gasteiger partial charge is 0.243 e. The van der Waals surface area contributed by atoms with Gasteiger partial charge in [-0.2, -0.15) is 0 Å². The van der Waals surface area contributed by atoms with E-state index in [0.29, 0.717) is 4.34 Å². The second kappa shape index (κ2) is 8.46. The number of nitrogens with one attached hydrogen (secondary N) is 1. The third-order valence-corrected chi connectivity index (χ3v) is 7.62. The van der Waals surface area contributed by atoms with Crippen molar-refractivity contribution in [3.05, 3.63) is 44.6 Å². The van der Waals surface area contributed by atoms with E-state index < -0.39 is 10.0 Å². The lowest BCUT2D eigenvalue weighted by Crippen LogP contribution is -2.36. The Morgan fingerprint density at radius 2 is 2.00 bits per heavy atom. The van der Waals surface area contributed by atoms with E-state index in [4.69, 9.17) is 27.9 Å². The molecule has 9 heteroatoms. The fourth-order valence-corrected chi connectivity index (χ4v) is 6.32. The first-order valence-electron chi connectivity index (χ1n) is 8.23. The van der Waals surface area contributed by atoms with Crippen molar-refractivity contribution in [2.24, 2.45) is 0 Å². The van der Waals surface area contributed by atoms with Crippen LogP contribution >= 0.6 is 34.5 Å². The molecule has 1 aliphatic heterocycles. The Balaban J connectivity index is 1.83. The van der Waals surface area contributed by atoms with E-state index >= 15 is 0 Å². The number of methoxy groups -OCH3 is 1. The Labute approximate surface area is 167 Å². The number of sulfonamides is 1. The Hall–Kier alpha value is -0.830. The lowest BCUT2D eigenvalue weighted by atomic mass is 10.1. The molecule has 2 aromatic rings. The van der Waals surface area contributed by atoms with E-state index in [1.165, 1.54) is 6.07 Å². The molecule has 1 aromatic heterocycles. The van der Waals surface area contributed by atoms with E-state index in [1.807, 2.05) is 24.3 Å². The van der Waals surface area contributed by atoms with Crippen molar-refractivity contribution >= 4 is 44.6 Å². The zero-order valence-corrected chi connectivity index (χ0v) is 17.4. The maximum atomic E-state index is 12.6. The Kier molecular flexibility index (Phi) is 6.48. The summed E-state index contributed by atoms with van der Waals surface area (Å²) in [7, 11) is -2.11. The van der Waals surface area contributed by atoms with Crippen molar-refractivity contribution in [1.29, 1.82) is 0 Å². The van der Waals surface area contributed by atoms with Crippen LogP contribution in [0, 0.1) is 0 Å². The minimum atomic E-state index is -3.73. The van der Waals surface area contributed by atoms with Crippen molar-refractivity contribution in [2.75, 3.05) is 26.7 Å². The van der Waals surface area contributed by atoms with Crippen LogP contribution in [-0.4, -0.2) is 40.1 Å². The van der Waals surface area contributed by atoms with Gasteiger partial charge in [0.05, 0.1) is 11.4 Å². The van der Waals surface area contributed by atoms with Crippen LogP contribution in [0.25, 0.3) is 0 Å². The number of benzene rings is 1. The average molecular weight is 435 g/mol. The van der Waals surface area contributed by atoms with Gasteiger partial charge in [-0.25, -0.2) is 13.1 Å². The second-order valence-corrected chi connectivity index (χ2v) is 10.1. The van der Waals surface area contributed by atoms with E-state index in [9.17, 15) is 8.42 Å². The molecule has 1 aromatic carbocycles. The largest absolute Gasteiger partial charge is 0.497 e. The van der Waals surface area contributed by atoms with Crippen LogP contribution in [-0.2, 0) is 10.0 Å². The molecule has 3 rings (SSSR count). The van der Waals surface area contributed by atoms with Gasteiger partial charge in [-0.15, -0.1) is 11.3 Å². The first-order chi connectivity index (χ1) is 12.4.